The highest BCUT2D eigenvalue weighted by molar-refractivity contribution is 9.10. The smallest absolute Gasteiger partial charge is 0.258 e. The monoisotopic (exact) mass is 450 g/mol. The number of para-hydroxylation sites is 1. The molecule has 3 rings (SSSR count). The molecular weight excluding hydrogens is 428 g/mol. The minimum atomic E-state index is -0.193. The number of nitrogens with zero attached hydrogens (tertiary/aromatic N) is 1. The number of benzene rings is 3. The molecule has 0 heterocycles. The Morgan fingerprint density at radius 1 is 0.966 bits per heavy atom. The van der Waals surface area contributed by atoms with Gasteiger partial charge in [0.2, 0.25) is 0 Å². The third-order valence-electron chi connectivity index (χ3n) is 4.78. The predicted octanol–water partition coefficient (Wildman–Crippen LogP) is 5.01. The second-order valence-corrected chi connectivity index (χ2v) is 7.69. The number of hydrogen-bond acceptors (Lipinski definition) is 2. The van der Waals surface area contributed by atoms with Crippen LogP contribution in [0.4, 0.5) is 5.69 Å². The minimum absolute atomic E-state index is 0.171. The molecule has 3 aromatic rings. The summed E-state index contributed by atoms with van der Waals surface area (Å²) in [6, 6.07) is 22.6. The van der Waals surface area contributed by atoms with Crippen molar-refractivity contribution in [2.24, 2.45) is 0 Å². The molecule has 0 atom stereocenters. The lowest BCUT2D eigenvalue weighted by atomic mass is 10.1. The highest BCUT2D eigenvalue weighted by Crippen LogP contribution is 2.23. The predicted molar refractivity (Wildman–Crippen MR) is 121 cm³/mol. The highest BCUT2D eigenvalue weighted by atomic mass is 79.9. The third kappa shape index (κ3) is 5.12. The van der Waals surface area contributed by atoms with Crippen LogP contribution < -0.4 is 10.2 Å². The first-order valence-corrected chi connectivity index (χ1v) is 10.2. The minimum Gasteiger partial charge on any atom is -0.352 e. The number of halogens is 1. The third-order valence-corrected chi connectivity index (χ3v) is 5.63. The Hall–Kier alpha value is -2.92. The molecule has 148 valence electrons. The van der Waals surface area contributed by atoms with Crippen molar-refractivity contribution in [1.29, 1.82) is 0 Å². The van der Waals surface area contributed by atoms with E-state index in [1.54, 1.807) is 37.4 Å². The quantitative estimate of drug-likeness (QED) is 0.573. The van der Waals surface area contributed by atoms with Crippen molar-refractivity contribution in [3.8, 4) is 0 Å². The van der Waals surface area contributed by atoms with Crippen molar-refractivity contribution in [2.75, 3.05) is 18.5 Å². The molecule has 1 N–H and O–H groups in total. The summed E-state index contributed by atoms with van der Waals surface area (Å²) < 4.78 is 0.878. The first-order valence-electron chi connectivity index (χ1n) is 9.42. The van der Waals surface area contributed by atoms with E-state index in [2.05, 4.69) is 21.2 Å². The van der Waals surface area contributed by atoms with Crippen molar-refractivity contribution in [3.63, 3.8) is 0 Å². The fourth-order valence-electron chi connectivity index (χ4n) is 3.05. The Kier molecular flexibility index (Phi) is 6.83. The molecule has 0 aliphatic carbocycles. The molecule has 0 radical (unpaired) electrons. The fourth-order valence-corrected chi connectivity index (χ4v) is 3.43. The zero-order chi connectivity index (χ0) is 20.8. The van der Waals surface area contributed by atoms with E-state index in [4.69, 9.17) is 0 Å². The molecular formula is C24H23BrN2O2. The van der Waals surface area contributed by atoms with Gasteiger partial charge in [0.1, 0.15) is 0 Å². The van der Waals surface area contributed by atoms with Gasteiger partial charge in [-0.1, -0.05) is 64.5 Å². The lowest BCUT2D eigenvalue weighted by Crippen LogP contribution is -2.31. The van der Waals surface area contributed by atoms with Crippen LogP contribution in [0.25, 0.3) is 0 Å². The normalized spacial score (nSPS) is 10.4. The van der Waals surface area contributed by atoms with E-state index in [0.29, 0.717) is 23.4 Å². The highest BCUT2D eigenvalue weighted by Gasteiger charge is 2.20. The average molecular weight is 451 g/mol. The Morgan fingerprint density at radius 2 is 1.66 bits per heavy atom. The average Bonchev–Trinajstić information content (AvgIpc) is 2.75. The van der Waals surface area contributed by atoms with Gasteiger partial charge in [-0.3, -0.25) is 9.59 Å². The molecule has 29 heavy (non-hydrogen) atoms. The number of rotatable bonds is 6. The molecule has 0 spiro atoms. The number of amides is 2. The van der Waals surface area contributed by atoms with Crippen LogP contribution >= 0.6 is 15.9 Å². The van der Waals surface area contributed by atoms with Crippen molar-refractivity contribution in [1.82, 2.24) is 5.32 Å². The second-order valence-electron chi connectivity index (χ2n) is 6.84. The number of nitrogens with one attached hydrogen (secondary N) is 1. The molecule has 2 amide bonds. The van der Waals surface area contributed by atoms with E-state index in [-0.39, 0.29) is 11.8 Å². The van der Waals surface area contributed by atoms with E-state index in [1.165, 1.54) is 10.5 Å². The van der Waals surface area contributed by atoms with Crippen LogP contribution in [0.5, 0.6) is 0 Å². The van der Waals surface area contributed by atoms with Crippen molar-refractivity contribution >= 4 is 33.4 Å². The van der Waals surface area contributed by atoms with Crippen molar-refractivity contribution < 1.29 is 9.59 Å². The van der Waals surface area contributed by atoms with E-state index in [9.17, 15) is 9.59 Å². The van der Waals surface area contributed by atoms with Crippen LogP contribution in [0.3, 0.4) is 0 Å². The Bertz CT molecular complexity index is 1020. The van der Waals surface area contributed by atoms with Crippen LogP contribution in [-0.4, -0.2) is 25.4 Å². The summed E-state index contributed by atoms with van der Waals surface area (Å²) in [6.45, 7) is 2.50. The van der Waals surface area contributed by atoms with Crippen LogP contribution in [0, 0.1) is 6.92 Å². The SMILES string of the molecule is Cc1ccc(C(=O)N(C)c2ccccc2C(=O)NCCc2ccccc2)cc1Br. The number of aryl methyl sites for hydroxylation is 1. The molecule has 5 heteroatoms. The van der Waals surface area contributed by atoms with Gasteiger partial charge >= 0.3 is 0 Å². The lowest BCUT2D eigenvalue weighted by Gasteiger charge is -2.21. The summed E-state index contributed by atoms with van der Waals surface area (Å²) in [6.07, 6.45) is 0.751. The van der Waals surface area contributed by atoms with Crippen LogP contribution in [0.15, 0.2) is 77.3 Å². The number of carbonyl (C=O) groups is 2. The van der Waals surface area contributed by atoms with Gasteiger partial charge in [0.15, 0.2) is 0 Å². The maximum Gasteiger partial charge on any atom is 0.258 e. The maximum absolute atomic E-state index is 13.0. The van der Waals surface area contributed by atoms with E-state index < -0.39 is 0 Å². The molecule has 3 aromatic carbocycles. The molecule has 0 saturated heterocycles. The van der Waals surface area contributed by atoms with Gasteiger partial charge in [-0.2, -0.15) is 0 Å². The summed E-state index contributed by atoms with van der Waals surface area (Å²) in [5, 5.41) is 2.95. The van der Waals surface area contributed by atoms with E-state index in [1.807, 2.05) is 49.4 Å². The second kappa shape index (κ2) is 9.52. The molecule has 4 nitrogen and oxygen atoms in total. The summed E-state index contributed by atoms with van der Waals surface area (Å²) >= 11 is 3.47. The summed E-state index contributed by atoms with van der Waals surface area (Å²) in [5.41, 5.74) is 3.83. The Morgan fingerprint density at radius 3 is 2.38 bits per heavy atom. The Balaban J connectivity index is 1.74. The van der Waals surface area contributed by atoms with Gasteiger partial charge < -0.3 is 10.2 Å². The van der Waals surface area contributed by atoms with Crippen molar-refractivity contribution in [2.45, 2.75) is 13.3 Å². The lowest BCUT2D eigenvalue weighted by molar-refractivity contribution is 0.0954. The maximum atomic E-state index is 13.0. The summed E-state index contributed by atoms with van der Waals surface area (Å²) in [5.74, 6) is -0.364. The first-order chi connectivity index (χ1) is 14.0. The van der Waals surface area contributed by atoms with Crippen LogP contribution in [0.2, 0.25) is 0 Å². The van der Waals surface area contributed by atoms with Gasteiger partial charge in [0, 0.05) is 23.6 Å². The van der Waals surface area contributed by atoms with Crippen LogP contribution in [-0.2, 0) is 6.42 Å². The standard InChI is InChI=1S/C24H23BrN2O2/c1-17-12-13-19(16-21(17)25)24(29)27(2)22-11-7-6-10-20(22)23(28)26-15-14-18-8-4-3-5-9-18/h3-13,16H,14-15H2,1-2H3,(H,26,28). The zero-order valence-corrected chi connectivity index (χ0v) is 18.1. The molecule has 0 aromatic heterocycles. The number of anilines is 1. The van der Waals surface area contributed by atoms with Gasteiger partial charge in [0.05, 0.1) is 11.3 Å². The fraction of sp³-hybridized carbons (Fsp3) is 0.167. The van der Waals surface area contributed by atoms with Gasteiger partial charge in [-0.05, 0) is 48.7 Å². The molecule has 0 aliphatic heterocycles. The topological polar surface area (TPSA) is 49.4 Å². The first kappa shape index (κ1) is 20.8. The number of carbonyl (C=O) groups excluding carboxylic acids is 2. The zero-order valence-electron chi connectivity index (χ0n) is 16.5. The summed E-state index contributed by atoms with van der Waals surface area (Å²) in [4.78, 5) is 27.2. The van der Waals surface area contributed by atoms with Gasteiger partial charge in [-0.15, -0.1) is 0 Å². The van der Waals surface area contributed by atoms with Crippen LogP contribution in [0.1, 0.15) is 31.8 Å². The molecule has 0 aliphatic rings. The van der Waals surface area contributed by atoms with E-state index >= 15 is 0 Å². The summed E-state index contributed by atoms with van der Waals surface area (Å²) in [7, 11) is 1.69. The van der Waals surface area contributed by atoms with Crippen molar-refractivity contribution in [3.05, 3.63) is 99.5 Å². The largest absolute Gasteiger partial charge is 0.352 e. The molecule has 0 fully saturated rings. The van der Waals surface area contributed by atoms with Gasteiger partial charge in [-0.25, -0.2) is 0 Å². The molecule has 0 bridgehead atoms. The van der Waals surface area contributed by atoms with E-state index in [0.717, 1.165) is 16.5 Å². The number of hydrogen-bond donors (Lipinski definition) is 1. The molecule has 0 unspecified atom stereocenters. The molecule has 0 saturated carbocycles. The van der Waals surface area contributed by atoms with Gasteiger partial charge in [0.25, 0.3) is 11.8 Å². The Labute approximate surface area is 179 Å².